The fourth-order valence-electron chi connectivity index (χ4n) is 3.41. The number of alkyl halides is 3. The van der Waals surface area contributed by atoms with Crippen LogP contribution in [0.2, 0.25) is 5.15 Å². The molecule has 1 saturated carbocycles. The van der Waals surface area contributed by atoms with E-state index in [0.29, 0.717) is 29.0 Å². The van der Waals surface area contributed by atoms with Gasteiger partial charge in [0, 0.05) is 18.3 Å². The van der Waals surface area contributed by atoms with E-state index >= 15 is 0 Å². The third-order valence-electron chi connectivity index (χ3n) is 5.09. The van der Waals surface area contributed by atoms with Crippen LogP contribution in [-0.2, 0) is 0 Å². The smallest absolute Gasteiger partial charge is 0.340 e. The van der Waals surface area contributed by atoms with Crippen molar-refractivity contribution in [3.05, 3.63) is 68.6 Å². The van der Waals surface area contributed by atoms with Crippen molar-refractivity contribution in [2.75, 3.05) is 0 Å². The van der Waals surface area contributed by atoms with E-state index in [1.54, 1.807) is 5.32 Å². The van der Waals surface area contributed by atoms with Gasteiger partial charge in [0.15, 0.2) is 28.3 Å². The van der Waals surface area contributed by atoms with E-state index in [2.05, 4.69) is 4.98 Å². The molecule has 1 atom stereocenters. The predicted molar refractivity (Wildman–Crippen MR) is 102 cm³/mol. The van der Waals surface area contributed by atoms with Gasteiger partial charge < -0.3 is 5.32 Å². The van der Waals surface area contributed by atoms with E-state index in [1.165, 1.54) is 0 Å². The highest BCUT2D eigenvalue weighted by molar-refractivity contribution is 6.29. The van der Waals surface area contributed by atoms with Gasteiger partial charge in [0.25, 0.3) is 5.91 Å². The molecule has 4 rings (SSSR count). The van der Waals surface area contributed by atoms with Crippen molar-refractivity contribution < 1.29 is 35.5 Å². The van der Waals surface area contributed by atoms with Crippen LogP contribution in [0.3, 0.4) is 0 Å². The Morgan fingerprint density at radius 2 is 1.70 bits per heavy atom. The lowest BCUT2D eigenvalue weighted by atomic mass is 10.1. The number of pyridine rings is 2. The fraction of sp³-hybridized carbons (Fsp3) is 0.250. The van der Waals surface area contributed by atoms with Crippen LogP contribution in [0.15, 0.2) is 29.2 Å². The maximum absolute atomic E-state index is 14.5. The SMILES string of the molecule is O=C(N[C@@H](C1CC1)C(F)(F)F)c1cn(-c2c(F)cc(F)cc2F)c2nc(Cl)c(F)cc2c1=O. The molecule has 174 valence electrons. The summed E-state index contributed by atoms with van der Waals surface area (Å²) in [7, 11) is 0. The van der Waals surface area contributed by atoms with Crippen LogP contribution in [0.5, 0.6) is 0 Å². The van der Waals surface area contributed by atoms with Crippen LogP contribution in [0, 0.1) is 29.2 Å². The van der Waals surface area contributed by atoms with Gasteiger partial charge in [0.1, 0.15) is 23.1 Å². The summed E-state index contributed by atoms with van der Waals surface area (Å²) in [4.78, 5) is 29.0. The van der Waals surface area contributed by atoms with E-state index in [9.17, 15) is 40.3 Å². The number of hydrogen-bond donors (Lipinski definition) is 1. The number of nitrogens with one attached hydrogen (secondary N) is 1. The van der Waals surface area contributed by atoms with Crippen LogP contribution in [0.4, 0.5) is 30.7 Å². The van der Waals surface area contributed by atoms with Crippen LogP contribution in [-0.4, -0.2) is 27.7 Å². The molecular formula is C20H11ClF7N3O2. The van der Waals surface area contributed by atoms with Gasteiger partial charge in [0.2, 0.25) is 5.43 Å². The summed E-state index contributed by atoms with van der Waals surface area (Å²) in [6.45, 7) is 0. The molecule has 0 spiro atoms. The van der Waals surface area contributed by atoms with E-state index < -0.39 is 80.2 Å². The molecule has 13 heteroatoms. The molecule has 0 radical (unpaired) electrons. The molecule has 1 aromatic carbocycles. The van der Waals surface area contributed by atoms with Crippen LogP contribution < -0.4 is 10.7 Å². The van der Waals surface area contributed by atoms with E-state index in [4.69, 9.17) is 11.6 Å². The third kappa shape index (κ3) is 4.26. The molecule has 0 saturated heterocycles. The minimum atomic E-state index is -4.82. The summed E-state index contributed by atoms with van der Waals surface area (Å²) in [5, 5.41) is 0.237. The van der Waals surface area contributed by atoms with Crippen LogP contribution in [0.25, 0.3) is 16.7 Å². The lowest BCUT2D eigenvalue weighted by Crippen LogP contribution is -2.48. The Hall–Kier alpha value is -3.15. The zero-order valence-corrected chi connectivity index (χ0v) is 16.9. The molecular weight excluding hydrogens is 483 g/mol. The summed E-state index contributed by atoms with van der Waals surface area (Å²) in [6.07, 6.45) is -3.87. The number of nitrogens with zero attached hydrogens (tertiary/aromatic N) is 2. The van der Waals surface area contributed by atoms with Crippen LogP contribution in [0.1, 0.15) is 23.2 Å². The maximum Gasteiger partial charge on any atom is 0.408 e. The van der Waals surface area contributed by atoms with Gasteiger partial charge in [-0.25, -0.2) is 22.5 Å². The average molecular weight is 494 g/mol. The zero-order valence-electron chi connectivity index (χ0n) is 16.1. The molecule has 3 aromatic rings. The highest BCUT2D eigenvalue weighted by Crippen LogP contribution is 2.40. The molecule has 0 aliphatic heterocycles. The molecule has 5 nitrogen and oxygen atoms in total. The molecule has 1 N–H and O–H groups in total. The second-order valence-corrected chi connectivity index (χ2v) is 7.78. The van der Waals surface area contributed by atoms with Crippen LogP contribution >= 0.6 is 11.6 Å². The third-order valence-corrected chi connectivity index (χ3v) is 5.35. The second-order valence-electron chi connectivity index (χ2n) is 7.42. The molecule has 0 unspecified atom stereocenters. The molecule has 1 aliphatic carbocycles. The number of carbonyl (C=O) groups is 1. The summed E-state index contributed by atoms with van der Waals surface area (Å²) in [5.41, 5.74) is -3.84. The van der Waals surface area contributed by atoms with Crippen molar-refractivity contribution >= 4 is 28.5 Å². The second kappa shape index (κ2) is 8.01. The Balaban J connectivity index is 1.95. The first kappa shape index (κ1) is 23.0. The molecule has 2 heterocycles. The number of hydrogen-bond acceptors (Lipinski definition) is 3. The largest absolute Gasteiger partial charge is 0.408 e. The summed E-state index contributed by atoms with van der Waals surface area (Å²) >= 11 is 5.61. The molecule has 0 bridgehead atoms. The van der Waals surface area contributed by atoms with Crippen molar-refractivity contribution in [2.45, 2.75) is 25.1 Å². The normalized spacial score (nSPS) is 15.0. The Kier molecular flexibility index (Phi) is 5.59. The average Bonchev–Trinajstić information content (AvgIpc) is 3.52. The van der Waals surface area contributed by atoms with Crippen molar-refractivity contribution in [1.29, 1.82) is 0 Å². The predicted octanol–water partition coefficient (Wildman–Crippen LogP) is 4.67. The van der Waals surface area contributed by atoms with E-state index in [0.717, 1.165) is 0 Å². The highest BCUT2D eigenvalue weighted by Gasteiger charge is 2.49. The number of halogens is 8. The van der Waals surface area contributed by atoms with E-state index in [-0.39, 0.29) is 12.8 Å². The summed E-state index contributed by atoms with van der Waals surface area (Å²) in [5.74, 6) is -7.87. The Morgan fingerprint density at radius 1 is 1.09 bits per heavy atom. The molecule has 1 fully saturated rings. The highest BCUT2D eigenvalue weighted by atomic mass is 35.5. The van der Waals surface area contributed by atoms with Gasteiger partial charge in [-0.1, -0.05) is 11.6 Å². The fourth-order valence-corrected chi connectivity index (χ4v) is 3.55. The number of rotatable bonds is 4. The topological polar surface area (TPSA) is 64.0 Å². The molecule has 1 aliphatic rings. The Bertz CT molecular complexity index is 1330. The van der Waals surface area contributed by atoms with Crippen molar-refractivity contribution in [1.82, 2.24) is 14.9 Å². The van der Waals surface area contributed by atoms with E-state index in [1.807, 2.05) is 0 Å². The first-order valence-electron chi connectivity index (χ1n) is 9.32. The first-order valence-corrected chi connectivity index (χ1v) is 9.70. The quantitative estimate of drug-likeness (QED) is 0.424. The van der Waals surface area contributed by atoms with Gasteiger partial charge >= 0.3 is 6.18 Å². The van der Waals surface area contributed by atoms with Crippen molar-refractivity contribution in [2.24, 2.45) is 5.92 Å². The van der Waals surface area contributed by atoms with Crippen molar-refractivity contribution in [3.8, 4) is 5.69 Å². The number of carbonyl (C=O) groups excluding carboxylic acids is 1. The van der Waals surface area contributed by atoms with Gasteiger partial charge in [-0.3, -0.25) is 14.2 Å². The zero-order chi connectivity index (χ0) is 24.2. The standard InChI is InChI=1S/C20H11ClF7N3O2/c21-17-13(25)5-9-15(32)10(19(33)29-16(7-1-2-7)20(26,27)28)6-31(18(9)30-17)14-11(23)3-8(22)4-12(14)24/h3-7,16H,1-2H2,(H,29,33)/t16-/m0/s1. The number of amides is 1. The summed E-state index contributed by atoms with van der Waals surface area (Å²) in [6, 6.07) is -1.14. The monoisotopic (exact) mass is 493 g/mol. The van der Waals surface area contributed by atoms with Gasteiger partial charge in [-0.2, -0.15) is 13.2 Å². The number of fused-ring (bicyclic) bond motifs is 1. The number of benzene rings is 1. The molecule has 2 aromatic heterocycles. The Labute approximate surface area is 184 Å². The summed E-state index contributed by atoms with van der Waals surface area (Å²) < 4.78 is 96.7. The minimum Gasteiger partial charge on any atom is -0.340 e. The maximum atomic E-state index is 14.5. The van der Waals surface area contributed by atoms with Crippen molar-refractivity contribution in [3.63, 3.8) is 0 Å². The molecule has 1 amide bonds. The number of aromatic nitrogens is 2. The first-order chi connectivity index (χ1) is 15.4. The van der Waals surface area contributed by atoms with Gasteiger partial charge in [-0.05, 0) is 24.8 Å². The van der Waals surface area contributed by atoms with Gasteiger partial charge in [-0.15, -0.1) is 0 Å². The lowest BCUT2D eigenvalue weighted by Gasteiger charge is -2.21. The minimum absolute atomic E-state index is 0.200. The van der Waals surface area contributed by atoms with Gasteiger partial charge in [0.05, 0.1) is 5.39 Å². The lowest BCUT2D eigenvalue weighted by molar-refractivity contribution is -0.158. The Morgan fingerprint density at radius 3 is 2.24 bits per heavy atom. The molecule has 33 heavy (non-hydrogen) atoms.